The van der Waals surface area contributed by atoms with Gasteiger partial charge in [0.15, 0.2) is 14.7 Å². The predicted molar refractivity (Wildman–Crippen MR) is 119 cm³/mol. The molecular weight excluding hydrogens is 482 g/mol. The van der Waals surface area contributed by atoms with Crippen LogP contribution in [0.4, 0.5) is 5.69 Å². The molecule has 1 amide bonds. The van der Waals surface area contributed by atoms with Gasteiger partial charge in [-0.05, 0) is 68.3 Å². The minimum Gasteiger partial charge on any atom is -0.308 e. The minimum atomic E-state index is -4.94. The average molecular weight is 506 g/mol. The Kier molecular flexibility index (Phi) is 8.13. The molecule has 3 aromatic carbocycles. The Labute approximate surface area is 203 Å². The molecule has 0 fully saturated rings. The van der Waals surface area contributed by atoms with Crippen molar-refractivity contribution in [1.29, 1.82) is 0 Å². The molecule has 0 aliphatic carbocycles. The van der Waals surface area contributed by atoms with E-state index in [-0.39, 0.29) is 16.8 Å². The van der Waals surface area contributed by atoms with Gasteiger partial charge in [-0.15, -0.1) is 10.2 Å². The normalized spacial score (nSPS) is 12.8. The Balaban J connectivity index is 0.000000555. The van der Waals surface area contributed by atoms with Crippen LogP contribution in [0.1, 0.15) is 25.0 Å². The fourth-order valence-corrected chi connectivity index (χ4v) is 7.56. The van der Waals surface area contributed by atoms with E-state index in [1.54, 1.807) is 6.92 Å². The van der Waals surface area contributed by atoms with E-state index in [4.69, 9.17) is 18.6 Å². The SMILES string of the molecule is CCN(C(C)=O)c1cc(C)c(C)cc1[S+]1c2ccccc2Sc2ccccc21.[O-][Cl+3]([O-])([O-])[O-]. The van der Waals surface area contributed by atoms with E-state index in [0.29, 0.717) is 6.54 Å². The molecule has 1 heterocycles. The lowest BCUT2D eigenvalue weighted by Crippen LogP contribution is -2.68. The molecule has 0 N–H and O–H groups in total. The molecule has 33 heavy (non-hydrogen) atoms. The number of hydrogen-bond acceptors (Lipinski definition) is 6. The zero-order valence-corrected chi connectivity index (χ0v) is 21.1. The lowest BCUT2D eigenvalue weighted by Gasteiger charge is -2.25. The number of benzene rings is 3. The van der Waals surface area contributed by atoms with Gasteiger partial charge in [0.2, 0.25) is 5.91 Å². The van der Waals surface area contributed by atoms with Gasteiger partial charge in [0.05, 0.1) is 9.79 Å². The fourth-order valence-electron chi connectivity index (χ4n) is 3.59. The van der Waals surface area contributed by atoms with E-state index in [1.165, 1.54) is 35.6 Å². The Bertz CT molecular complexity index is 1110. The third-order valence-electron chi connectivity index (χ3n) is 5.14. The summed E-state index contributed by atoms with van der Waals surface area (Å²) in [5.74, 6) is 0.0866. The maximum Gasteiger partial charge on any atom is 0.223 e. The molecule has 9 heteroatoms. The summed E-state index contributed by atoms with van der Waals surface area (Å²) in [5, 5.41) is 0. The average Bonchev–Trinajstić information content (AvgIpc) is 2.73. The fraction of sp³-hybridized carbons (Fsp3) is 0.208. The van der Waals surface area contributed by atoms with Crippen molar-refractivity contribution in [3.8, 4) is 0 Å². The Morgan fingerprint density at radius 2 is 1.33 bits per heavy atom. The second-order valence-electron chi connectivity index (χ2n) is 7.35. The second-order valence-corrected chi connectivity index (χ2v) is 11.1. The van der Waals surface area contributed by atoms with Crippen LogP contribution in [0.25, 0.3) is 0 Å². The van der Waals surface area contributed by atoms with Gasteiger partial charge in [-0.2, -0.15) is 0 Å². The minimum absolute atomic E-state index is 0.0866. The quantitative estimate of drug-likeness (QED) is 0.390. The molecule has 0 spiro atoms. The molecule has 0 unspecified atom stereocenters. The molecule has 4 rings (SSSR count). The molecule has 0 aromatic heterocycles. The highest BCUT2D eigenvalue weighted by molar-refractivity contribution is 8.04. The van der Waals surface area contributed by atoms with E-state index in [0.717, 1.165) is 5.69 Å². The Hall–Kier alpha value is -2.04. The summed E-state index contributed by atoms with van der Waals surface area (Å²) in [4.78, 5) is 20.9. The topological polar surface area (TPSA) is 113 Å². The van der Waals surface area contributed by atoms with Crippen molar-refractivity contribution in [3.05, 3.63) is 71.8 Å². The molecule has 1 aliphatic rings. The number of carbonyl (C=O) groups excluding carboxylic acids is 1. The van der Waals surface area contributed by atoms with Gasteiger partial charge in [-0.3, -0.25) is 4.79 Å². The summed E-state index contributed by atoms with van der Waals surface area (Å²) >= 11 is 1.84. The first kappa shape index (κ1) is 25.6. The van der Waals surface area contributed by atoms with Crippen molar-refractivity contribution < 1.29 is 33.7 Å². The molecule has 174 valence electrons. The number of nitrogens with zero attached hydrogens (tertiary/aromatic N) is 1. The highest BCUT2D eigenvalue weighted by Gasteiger charge is 2.40. The number of anilines is 1. The van der Waals surface area contributed by atoms with Gasteiger partial charge < -0.3 is 4.90 Å². The van der Waals surface area contributed by atoms with Crippen LogP contribution in [0.5, 0.6) is 0 Å². The zero-order valence-electron chi connectivity index (χ0n) is 18.7. The first-order chi connectivity index (χ1) is 15.5. The van der Waals surface area contributed by atoms with Crippen molar-refractivity contribution in [3.63, 3.8) is 0 Å². The molecule has 1 aliphatic heterocycles. The summed E-state index contributed by atoms with van der Waals surface area (Å²) in [6.07, 6.45) is 0. The van der Waals surface area contributed by atoms with E-state index >= 15 is 0 Å². The van der Waals surface area contributed by atoms with Gasteiger partial charge in [0.1, 0.15) is 16.6 Å². The largest absolute Gasteiger partial charge is 0.308 e. The highest BCUT2D eigenvalue weighted by Crippen LogP contribution is 2.50. The number of aryl methyl sites for hydroxylation is 2. The van der Waals surface area contributed by atoms with Crippen LogP contribution in [-0.4, -0.2) is 12.5 Å². The van der Waals surface area contributed by atoms with E-state index in [9.17, 15) is 4.79 Å². The van der Waals surface area contributed by atoms with Crippen LogP contribution >= 0.6 is 11.8 Å². The number of rotatable bonds is 3. The molecule has 6 nitrogen and oxygen atoms in total. The van der Waals surface area contributed by atoms with Crippen molar-refractivity contribution >= 4 is 34.3 Å². The second kappa shape index (κ2) is 10.5. The van der Waals surface area contributed by atoms with Crippen molar-refractivity contribution in [2.45, 2.75) is 52.2 Å². The molecule has 0 atom stereocenters. The third kappa shape index (κ3) is 6.10. The van der Waals surface area contributed by atoms with Crippen molar-refractivity contribution in [2.24, 2.45) is 0 Å². The van der Waals surface area contributed by atoms with Gasteiger partial charge in [-0.1, -0.05) is 36.0 Å². The number of carbonyl (C=O) groups is 1. The number of fused-ring (bicyclic) bond motifs is 2. The summed E-state index contributed by atoms with van der Waals surface area (Å²) in [6, 6.07) is 21.8. The van der Waals surface area contributed by atoms with Crippen LogP contribution in [0.2, 0.25) is 0 Å². The van der Waals surface area contributed by atoms with Crippen molar-refractivity contribution in [1.82, 2.24) is 0 Å². The van der Waals surface area contributed by atoms with Crippen LogP contribution in [0.3, 0.4) is 0 Å². The first-order valence-corrected chi connectivity index (χ1v) is 13.4. The zero-order chi connectivity index (χ0) is 24.3. The lowest BCUT2D eigenvalue weighted by molar-refractivity contribution is -2.00. The lowest BCUT2D eigenvalue weighted by atomic mass is 10.1. The van der Waals surface area contributed by atoms with Gasteiger partial charge in [0, 0.05) is 13.5 Å². The van der Waals surface area contributed by atoms with Crippen LogP contribution < -0.4 is 23.5 Å². The summed E-state index contributed by atoms with van der Waals surface area (Å²) in [5.41, 5.74) is 3.52. The standard InChI is InChI=1S/C24H24NOS2.ClHO4/c1-5-25(18(4)26)19-14-16(2)17(3)15-24(19)28-22-12-8-6-10-20(22)27-21-11-7-9-13-23(21)28;2-1(3,4)5/h6-15H,5H2,1-4H3;(H,2,3,4,5)/q+1;/p-1. The maximum absolute atomic E-state index is 12.4. The summed E-state index contributed by atoms with van der Waals surface area (Å²) in [7, 11) is -5.19. The monoisotopic (exact) mass is 505 g/mol. The summed E-state index contributed by atoms with van der Waals surface area (Å²) < 4.78 is 34.0. The highest BCUT2D eigenvalue weighted by atomic mass is 35.7. The Morgan fingerprint density at radius 1 is 0.879 bits per heavy atom. The molecule has 0 bridgehead atoms. The molecule has 0 saturated carbocycles. The van der Waals surface area contributed by atoms with E-state index in [1.807, 2.05) is 23.6 Å². The van der Waals surface area contributed by atoms with Crippen molar-refractivity contribution in [2.75, 3.05) is 11.4 Å². The van der Waals surface area contributed by atoms with Crippen LogP contribution in [0, 0.1) is 24.1 Å². The number of hydrogen-bond donors (Lipinski definition) is 0. The third-order valence-corrected chi connectivity index (χ3v) is 8.91. The Morgan fingerprint density at radius 3 is 1.79 bits per heavy atom. The number of amides is 1. The molecule has 0 radical (unpaired) electrons. The van der Waals surface area contributed by atoms with Gasteiger partial charge >= 0.3 is 0 Å². The van der Waals surface area contributed by atoms with Gasteiger partial charge in [0.25, 0.3) is 0 Å². The molecule has 3 aromatic rings. The van der Waals surface area contributed by atoms with Crippen LogP contribution in [-0.2, 0) is 15.7 Å². The molecule has 0 saturated heterocycles. The smallest absolute Gasteiger partial charge is 0.223 e. The van der Waals surface area contributed by atoms with Crippen LogP contribution in [0.15, 0.2) is 85.1 Å². The van der Waals surface area contributed by atoms with E-state index in [2.05, 4.69) is 74.5 Å². The predicted octanol–water partition coefficient (Wildman–Crippen LogP) is 1.48. The van der Waals surface area contributed by atoms with Gasteiger partial charge in [-0.25, -0.2) is 18.6 Å². The molecular formula is C24H24ClNO5S2. The number of halogens is 1. The first-order valence-electron chi connectivity index (χ1n) is 10.1. The maximum atomic E-state index is 12.4. The van der Waals surface area contributed by atoms with E-state index < -0.39 is 10.2 Å². The summed E-state index contributed by atoms with van der Waals surface area (Å²) in [6.45, 7) is 8.65.